The van der Waals surface area contributed by atoms with Crippen molar-refractivity contribution in [3.63, 3.8) is 0 Å². The van der Waals surface area contributed by atoms with Crippen molar-refractivity contribution < 1.29 is 14.3 Å². The van der Waals surface area contributed by atoms with Crippen LogP contribution in [0.5, 0.6) is 0 Å². The number of aliphatic carboxylic acids is 1. The second kappa shape index (κ2) is 5.14. The van der Waals surface area contributed by atoms with Crippen LogP contribution in [0.4, 0.5) is 4.39 Å². The minimum atomic E-state index is -0.887. The van der Waals surface area contributed by atoms with Gasteiger partial charge in [-0.05, 0) is 43.4 Å². The maximum atomic E-state index is 13.8. The van der Waals surface area contributed by atoms with Gasteiger partial charge < -0.3 is 10.1 Å². The normalized spacial score (nSPS) is 19.3. The molecule has 23 heavy (non-hydrogen) atoms. The van der Waals surface area contributed by atoms with Gasteiger partial charge in [0.1, 0.15) is 17.4 Å². The van der Waals surface area contributed by atoms with Crippen molar-refractivity contribution in [2.75, 3.05) is 0 Å². The number of halogens is 1. The molecule has 2 aromatic heterocycles. The monoisotopic (exact) mass is 319 g/mol. The Kier molecular flexibility index (Phi) is 3.21. The lowest BCUT2D eigenvalue weighted by atomic mass is 9.83. The summed E-state index contributed by atoms with van der Waals surface area (Å²) in [4.78, 5) is 14.8. The van der Waals surface area contributed by atoms with E-state index in [2.05, 4.69) is 20.3 Å². The second-order valence-corrected chi connectivity index (χ2v) is 6.59. The predicted octanol–water partition coefficient (Wildman–Crippen LogP) is 1.95. The van der Waals surface area contributed by atoms with Crippen LogP contribution in [-0.2, 0) is 11.8 Å². The number of carboxylic acids is 1. The first-order chi connectivity index (χ1) is 11.1. The molecular formula is C15H18FN5O2. The van der Waals surface area contributed by atoms with Gasteiger partial charge in [0.15, 0.2) is 11.6 Å². The molecule has 2 saturated carbocycles. The SMILES string of the molecule is Cn1ncc(F)c1-c1nnc(C(C(=O)O)C(C2CC2)C2CC2)[nH]1. The number of nitrogens with zero attached hydrogens (tertiary/aromatic N) is 4. The van der Waals surface area contributed by atoms with Gasteiger partial charge in [-0.1, -0.05) is 0 Å². The molecule has 2 aliphatic carbocycles. The third-order valence-corrected chi connectivity index (χ3v) is 4.90. The van der Waals surface area contributed by atoms with Crippen molar-refractivity contribution >= 4 is 5.97 Å². The summed E-state index contributed by atoms with van der Waals surface area (Å²) < 4.78 is 15.2. The molecule has 1 atom stereocenters. The minimum Gasteiger partial charge on any atom is -0.481 e. The first-order valence-electron chi connectivity index (χ1n) is 7.89. The number of nitrogens with one attached hydrogen (secondary N) is 1. The molecule has 7 nitrogen and oxygen atoms in total. The smallest absolute Gasteiger partial charge is 0.314 e. The number of carbonyl (C=O) groups is 1. The van der Waals surface area contributed by atoms with Gasteiger partial charge in [0.25, 0.3) is 0 Å². The number of H-pyrrole nitrogens is 1. The number of carboxylic acid groups (broad SMARTS) is 1. The summed E-state index contributed by atoms with van der Waals surface area (Å²) in [5.74, 6) is -0.538. The van der Waals surface area contributed by atoms with Crippen molar-refractivity contribution in [2.45, 2.75) is 31.6 Å². The molecule has 2 N–H and O–H groups in total. The van der Waals surface area contributed by atoms with E-state index in [-0.39, 0.29) is 17.4 Å². The molecule has 2 aromatic rings. The summed E-state index contributed by atoms with van der Waals surface area (Å²) >= 11 is 0. The number of aromatic amines is 1. The van der Waals surface area contributed by atoms with E-state index in [0.29, 0.717) is 17.7 Å². The highest BCUT2D eigenvalue weighted by Crippen LogP contribution is 2.54. The molecule has 2 aliphatic rings. The van der Waals surface area contributed by atoms with Gasteiger partial charge in [-0.25, -0.2) is 4.39 Å². The maximum Gasteiger partial charge on any atom is 0.314 e. The summed E-state index contributed by atoms with van der Waals surface area (Å²) in [5, 5.41) is 21.5. The third kappa shape index (κ3) is 2.51. The number of hydrogen-bond donors (Lipinski definition) is 2. The van der Waals surface area contributed by atoms with E-state index in [9.17, 15) is 14.3 Å². The molecule has 1 unspecified atom stereocenters. The molecule has 0 aliphatic heterocycles. The second-order valence-electron chi connectivity index (χ2n) is 6.59. The van der Waals surface area contributed by atoms with Crippen LogP contribution in [0.25, 0.3) is 11.5 Å². The third-order valence-electron chi connectivity index (χ3n) is 4.90. The Balaban J connectivity index is 1.69. The lowest BCUT2D eigenvalue weighted by Gasteiger charge is -2.21. The molecule has 0 bridgehead atoms. The van der Waals surface area contributed by atoms with Crippen LogP contribution in [0.1, 0.15) is 37.4 Å². The van der Waals surface area contributed by atoms with Crippen molar-refractivity contribution in [1.29, 1.82) is 0 Å². The standard InChI is InChI=1S/C15H18FN5O2/c1-21-12(9(16)6-17-21)14-18-13(19-20-14)11(15(22)23)10(7-2-3-7)8-4-5-8/h6-8,10-11H,2-5H2,1H3,(H,22,23)(H,18,19,20). The quantitative estimate of drug-likeness (QED) is 0.848. The number of hydrogen-bond acceptors (Lipinski definition) is 4. The lowest BCUT2D eigenvalue weighted by Crippen LogP contribution is -2.26. The van der Waals surface area contributed by atoms with Crippen molar-refractivity contribution in [3.05, 3.63) is 17.8 Å². The zero-order valence-electron chi connectivity index (χ0n) is 12.7. The molecule has 2 fully saturated rings. The lowest BCUT2D eigenvalue weighted by molar-refractivity contribution is -0.141. The molecule has 122 valence electrons. The first-order valence-corrected chi connectivity index (χ1v) is 7.89. The van der Waals surface area contributed by atoms with E-state index >= 15 is 0 Å². The van der Waals surface area contributed by atoms with Gasteiger partial charge in [-0.15, -0.1) is 10.2 Å². The molecule has 2 heterocycles. The van der Waals surface area contributed by atoms with E-state index in [0.717, 1.165) is 31.9 Å². The molecule has 0 spiro atoms. The zero-order chi connectivity index (χ0) is 16.1. The van der Waals surface area contributed by atoms with Crippen LogP contribution in [-0.4, -0.2) is 36.0 Å². The highest BCUT2D eigenvalue weighted by Gasteiger charge is 2.49. The summed E-state index contributed by atoms with van der Waals surface area (Å²) in [5.41, 5.74) is 0.183. The summed E-state index contributed by atoms with van der Waals surface area (Å²) in [6.07, 6.45) is 5.44. The molecule has 0 amide bonds. The average Bonchev–Trinajstić information content (AvgIpc) is 3.42. The Bertz CT molecular complexity index is 715. The molecule has 0 saturated heterocycles. The molecule has 4 rings (SSSR count). The highest BCUT2D eigenvalue weighted by molar-refractivity contribution is 5.75. The average molecular weight is 319 g/mol. The highest BCUT2D eigenvalue weighted by atomic mass is 19.1. The van der Waals surface area contributed by atoms with Gasteiger partial charge in [-0.3, -0.25) is 9.48 Å². The fraction of sp³-hybridized carbons (Fsp3) is 0.600. The summed E-state index contributed by atoms with van der Waals surface area (Å²) in [6.45, 7) is 0. The Morgan fingerprint density at radius 1 is 1.35 bits per heavy atom. The number of aryl methyl sites for hydroxylation is 1. The number of rotatable bonds is 6. The van der Waals surface area contributed by atoms with Crippen LogP contribution in [0.15, 0.2) is 6.20 Å². The Hall–Kier alpha value is -2.25. The van der Waals surface area contributed by atoms with E-state index in [1.54, 1.807) is 7.05 Å². The van der Waals surface area contributed by atoms with Crippen LogP contribution < -0.4 is 0 Å². The van der Waals surface area contributed by atoms with Gasteiger partial charge in [0.05, 0.1) is 6.20 Å². The van der Waals surface area contributed by atoms with Gasteiger partial charge >= 0.3 is 5.97 Å². The fourth-order valence-electron chi connectivity index (χ4n) is 3.55. The Labute approximate surface area is 131 Å². The van der Waals surface area contributed by atoms with E-state index in [1.165, 1.54) is 4.68 Å². The minimum absolute atomic E-state index is 0.102. The zero-order valence-corrected chi connectivity index (χ0v) is 12.7. The van der Waals surface area contributed by atoms with Crippen LogP contribution in [0, 0.1) is 23.6 Å². The Morgan fingerprint density at radius 3 is 2.48 bits per heavy atom. The number of aromatic nitrogens is 5. The van der Waals surface area contributed by atoms with Crippen LogP contribution in [0.2, 0.25) is 0 Å². The van der Waals surface area contributed by atoms with Crippen LogP contribution >= 0.6 is 0 Å². The summed E-state index contributed by atoms with van der Waals surface area (Å²) in [7, 11) is 1.60. The van der Waals surface area contributed by atoms with Gasteiger partial charge in [-0.2, -0.15) is 5.10 Å². The van der Waals surface area contributed by atoms with Crippen molar-refractivity contribution in [3.8, 4) is 11.5 Å². The van der Waals surface area contributed by atoms with E-state index in [4.69, 9.17) is 0 Å². The Morgan fingerprint density at radius 2 is 2.00 bits per heavy atom. The van der Waals surface area contributed by atoms with Gasteiger partial charge in [0.2, 0.25) is 0 Å². The van der Waals surface area contributed by atoms with Crippen molar-refractivity contribution in [2.24, 2.45) is 24.8 Å². The fourth-order valence-corrected chi connectivity index (χ4v) is 3.55. The van der Waals surface area contributed by atoms with Crippen LogP contribution in [0.3, 0.4) is 0 Å². The van der Waals surface area contributed by atoms with E-state index in [1.807, 2.05) is 0 Å². The molecular weight excluding hydrogens is 301 g/mol. The molecule has 8 heteroatoms. The van der Waals surface area contributed by atoms with Gasteiger partial charge in [0, 0.05) is 7.05 Å². The molecule has 0 aromatic carbocycles. The topological polar surface area (TPSA) is 96.7 Å². The molecule has 0 radical (unpaired) electrons. The summed E-state index contributed by atoms with van der Waals surface area (Å²) in [6, 6.07) is 0. The largest absolute Gasteiger partial charge is 0.481 e. The van der Waals surface area contributed by atoms with Crippen molar-refractivity contribution in [1.82, 2.24) is 25.0 Å². The first kappa shape index (κ1) is 14.3. The predicted molar refractivity (Wildman–Crippen MR) is 77.9 cm³/mol. The van der Waals surface area contributed by atoms with E-state index < -0.39 is 17.7 Å². The maximum absolute atomic E-state index is 13.8.